The zero-order chi connectivity index (χ0) is 18.8. The molecule has 0 aliphatic carbocycles. The lowest BCUT2D eigenvalue weighted by molar-refractivity contribution is -0.127. The van der Waals surface area contributed by atoms with Gasteiger partial charge in [-0.25, -0.2) is 8.42 Å². The third kappa shape index (κ3) is 4.86. The van der Waals surface area contributed by atoms with Gasteiger partial charge in [0, 0.05) is 23.7 Å². The minimum Gasteiger partial charge on any atom is -0.495 e. The third-order valence-corrected chi connectivity index (χ3v) is 6.12. The van der Waals surface area contributed by atoms with E-state index in [0.29, 0.717) is 24.4 Å². The summed E-state index contributed by atoms with van der Waals surface area (Å²) in [6.07, 6.45) is 1.30. The van der Waals surface area contributed by atoms with Gasteiger partial charge in [-0.15, -0.1) is 0 Å². The van der Waals surface area contributed by atoms with E-state index in [0.717, 1.165) is 0 Å². The van der Waals surface area contributed by atoms with Crippen molar-refractivity contribution in [3.05, 3.63) is 23.2 Å². The van der Waals surface area contributed by atoms with Crippen LogP contribution < -0.4 is 10.1 Å². The molecular weight excluding hydrogens is 364 g/mol. The standard InChI is InChI=1S/C17H25ClN2O4S/c1-17(2,3)19-16(21)12-6-5-9-20(11-12)25(22,23)15-10-13(18)7-8-14(15)24-4/h7-8,10,12H,5-6,9,11H2,1-4H3,(H,19,21)/t12-/m1/s1. The number of benzene rings is 1. The maximum absolute atomic E-state index is 13.0. The molecule has 25 heavy (non-hydrogen) atoms. The van der Waals surface area contributed by atoms with Crippen molar-refractivity contribution in [2.24, 2.45) is 5.92 Å². The van der Waals surface area contributed by atoms with Gasteiger partial charge < -0.3 is 10.1 Å². The minimum absolute atomic E-state index is 0.0272. The van der Waals surface area contributed by atoms with E-state index in [1.165, 1.54) is 23.5 Å². The van der Waals surface area contributed by atoms with Crippen LogP contribution in [-0.2, 0) is 14.8 Å². The van der Waals surface area contributed by atoms with Crippen molar-refractivity contribution in [2.75, 3.05) is 20.2 Å². The predicted octanol–water partition coefficient (Wildman–Crippen LogP) is 2.66. The fraction of sp³-hybridized carbons (Fsp3) is 0.588. The van der Waals surface area contributed by atoms with E-state index in [1.807, 2.05) is 20.8 Å². The summed E-state index contributed by atoms with van der Waals surface area (Å²) in [6.45, 7) is 6.23. The average Bonchev–Trinajstić information content (AvgIpc) is 2.53. The first-order chi connectivity index (χ1) is 11.5. The van der Waals surface area contributed by atoms with Crippen LogP contribution in [0.3, 0.4) is 0 Å². The normalized spacial score (nSPS) is 19.5. The zero-order valence-electron chi connectivity index (χ0n) is 15.0. The summed E-state index contributed by atoms with van der Waals surface area (Å²) in [7, 11) is -2.38. The van der Waals surface area contributed by atoms with Crippen molar-refractivity contribution >= 4 is 27.5 Å². The van der Waals surface area contributed by atoms with Gasteiger partial charge in [0.25, 0.3) is 0 Å². The molecule has 8 heteroatoms. The topological polar surface area (TPSA) is 75.7 Å². The molecule has 140 valence electrons. The molecule has 1 aromatic carbocycles. The van der Waals surface area contributed by atoms with Crippen LogP contribution in [0.25, 0.3) is 0 Å². The molecule has 1 aliphatic heterocycles. The molecule has 6 nitrogen and oxygen atoms in total. The van der Waals surface area contributed by atoms with Gasteiger partial charge in [0.1, 0.15) is 10.6 Å². The second-order valence-corrected chi connectivity index (χ2v) is 9.58. The highest BCUT2D eigenvalue weighted by Gasteiger charge is 2.35. The summed E-state index contributed by atoms with van der Waals surface area (Å²) >= 11 is 5.97. The number of piperidine rings is 1. The molecule has 1 saturated heterocycles. The maximum Gasteiger partial charge on any atom is 0.246 e. The van der Waals surface area contributed by atoms with Gasteiger partial charge in [-0.05, 0) is 51.8 Å². The van der Waals surface area contributed by atoms with Crippen LogP contribution in [0.2, 0.25) is 5.02 Å². The van der Waals surface area contributed by atoms with Crippen molar-refractivity contribution in [2.45, 2.75) is 44.0 Å². The number of hydrogen-bond donors (Lipinski definition) is 1. The smallest absolute Gasteiger partial charge is 0.246 e. The second kappa shape index (κ2) is 7.51. The van der Waals surface area contributed by atoms with E-state index >= 15 is 0 Å². The lowest BCUT2D eigenvalue weighted by Crippen LogP contribution is -2.49. The summed E-state index contributed by atoms with van der Waals surface area (Å²) in [5, 5.41) is 3.24. The Labute approximate surface area is 154 Å². The van der Waals surface area contributed by atoms with Crippen molar-refractivity contribution in [3.63, 3.8) is 0 Å². The number of nitrogens with zero attached hydrogens (tertiary/aromatic N) is 1. The van der Waals surface area contributed by atoms with Gasteiger partial charge in [0.2, 0.25) is 15.9 Å². The first-order valence-corrected chi connectivity index (χ1v) is 10.0. The largest absolute Gasteiger partial charge is 0.495 e. The summed E-state index contributed by atoms with van der Waals surface area (Å²) in [6, 6.07) is 4.49. The molecule has 1 heterocycles. The SMILES string of the molecule is COc1ccc(Cl)cc1S(=O)(=O)N1CCC[C@@H](C(=O)NC(C)(C)C)C1. The van der Waals surface area contributed by atoms with Crippen molar-refractivity contribution in [1.82, 2.24) is 9.62 Å². The van der Waals surface area contributed by atoms with Crippen LogP contribution in [0.1, 0.15) is 33.6 Å². The van der Waals surface area contributed by atoms with Gasteiger partial charge in [-0.2, -0.15) is 4.31 Å². The van der Waals surface area contributed by atoms with Gasteiger partial charge in [0.05, 0.1) is 13.0 Å². The third-order valence-electron chi connectivity index (χ3n) is 4.00. The number of carbonyl (C=O) groups excluding carboxylic acids is 1. The average molecular weight is 389 g/mol. The molecule has 1 fully saturated rings. The quantitative estimate of drug-likeness (QED) is 0.860. The number of ether oxygens (including phenoxy) is 1. The molecule has 0 aromatic heterocycles. The Kier molecular flexibility index (Phi) is 6.01. The number of rotatable bonds is 4. The zero-order valence-corrected chi connectivity index (χ0v) is 16.6. The van der Waals surface area contributed by atoms with E-state index in [4.69, 9.17) is 16.3 Å². The van der Waals surface area contributed by atoms with Gasteiger partial charge in [-0.3, -0.25) is 4.79 Å². The van der Waals surface area contributed by atoms with Crippen molar-refractivity contribution < 1.29 is 17.9 Å². The summed E-state index contributed by atoms with van der Waals surface area (Å²) in [5.74, 6) is -0.246. The van der Waals surface area contributed by atoms with E-state index in [1.54, 1.807) is 6.07 Å². The van der Waals surface area contributed by atoms with Gasteiger partial charge in [-0.1, -0.05) is 11.6 Å². The number of carbonyl (C=O) groups is 1. The second-order valence-electron chi connectivity index (χ2n) is 7.24. The molecule has 1 aliphatic rings. The van der Waals surface area contributed by atoms with Crippen LogP contribution >= 0.6 is 11.6 Å². The molecule has 0 radical (unpaired) electrons. The molecular formula is C17H25ClN2O4S. The lowest BCUT2D eigenvalue weighted by Gasteiger charge is -2.33. The highest BCUT2D eigenvalue weighted by molar-refractivity contribution is 7.89. The van der Waals surface area contributed by atoms with Crippen molar-refractivity contribution in [3.8, 4) is 5.75 Å². The van der Waals surface area contributed by atoms with Crippen LogP contribution in [0.5, 0.6) is 5.75 Å². The van der Waals surface area contributed by atoms with Crippen LogP contribution in [-0.4, -0.2) is 44.4 Å². The fourth-order valence-electron chi connectivity index (χ4n) is 2.84. The van der Waals surface area contributed by atoms with Gasteiger partial charge >= 0.3 is 0 Å². The van der Waals surface area contributed by atoms with Crippen LogP contribution in [0, 0.1) is 5.92 Å². The van der Waals surface area contributed by atoms with Crippen LogP contribution in [0.15, 0.2) is 23.1 Å². The molecule has 1 amide bonds. The van der Waals surface area contributed by atoms with E-state index in [2.05, 4.69) is 5.32 Å². The Hall–Kier alpha value is -1.31. The van der Waals surface area contributed by atoms with Crippen molar-refractivity contribution in [1.29, 1.82) is 0 Å². The number of methoxy groups -OCH3 is 1. The summed E-state index contributed by atoms with van der Waals surface area (Å²) < 4.78 is 32.6. The van der Waals surface area contributed by atoms with E-state index in [9.17, 15) is 13.2 Å². The first kappa shape index (κ1) is 20.0. The number of hydrogen-bond acceptors (Lipinski definition) is 4. The fourth-order valence-corrected chi connectivity index (χ4v) is 4.78. The monoisotopic (exact) mass is 388 g/mol. The summed E-state index contributed by atoms with van der Waals surface area (Å²) in [5.41, 5.74) is -0.353. The molecule has 1 aromatic rings. The maximum atomic E-state index is 13.0. The highest BCUT2D eigenvalue weighted by atomic mass is 35.5. The van der Waals surface area contributed by atoms with E-state index < -0.39 is 10.0 Å². The molecule has 2 rings (SSSR count). The molecule has 0 spiro atoms. The number of amides is 1. The Morgan fingerprint density at radius 1 is 1.36 bits per heavy atom. The highest BCUT2D eigenvalue weighted by Crippen LogP contribution is 2.32. The molecule has 0 saturated carbocycles. The summed E-state index contributed by atoms with van der Waals surface area (Å²) in [4.78, 5) is 12.4. The Morgan fingerprint density at radius 2 is 2.04 bits per heavy atom. The molecule has 0 bridgehead atoms. The predicted molar refractivity (Wildman–Crippen MR) is 97.4 cm³/mol. The van der Waals surface area contributed by atoms with Crippen LogP contribution in [0.4, 0.5) is 0 Å². The molecule has 1 atom stereocenters. The molecule has 0 unspecified atom stereocenters. The molecule has 1 N–H and O–H groups in total. The van der Waals surface area contributed by atoms with E-state index in [-0.39, 0.29) is 34.6 Å². The number of halogens is 1. The van der Waals surface area contributed by atoms with Gasteiger partial charge in [0.15, 0.2) is 0 Å². The Morgan fingerprint density at radius 3 is 2.64 bits per heavy atom. The number of nitrogens with one attached hydrogen (secondary N) is 1. The Balaban J connectivity index is 2.25. The lowest BCUT2D eigenvalue weighted by atomic mass is 9.97. The number of sulfonamides is 1. The minimum atomic E-state index is -3.79. The Bertz CT molecular complexity index is 744. The first-order valence-electron chi connectivity index (χ1n) is 8.20.